The predicted octanol–water partition coefficient (Wildman–Crippen LogP) is 5.26. The molecule has 0 fully saturated rings. The second-order valence-corrected chi connectivity index (χ2v) is 7.51. The summed E-state index contributed by atoms with van der Waals surface area (Å²) in [5, 5.41) is 0. The third-order valence-corrected chi connectivity index (χ3v) is 4.30. The summed E-state index contributed by atoms with van der Waals surface area (Å²) in [5.41, 5.74) is 2.20. The summed E-state index contributed by atoms with van der Waals surface area (Å²) in [6.45, 7) is 9.86. The smallest absolute Gasteiger partial charge is 0.242 e. The maximum atomic E-state index is 6.08. The Balaban J connectivity index is 2.14. The van der Waals surface area contributed by atoms with Crippen molar-refractivity contribution >= 4 is 22.4 Å². The standard InChI is InChI=1S/C19H20N2OS/c1-5-8-13-11-12-16(23-13)17-18(22-19(2,3)4)21-15-10-7-6-9-14(15)20-17/h5-7,9-12H,1,8H2,2-4H3. The van der Waals surface area contributed by atoms with E-state index in [1.165, 1.54) is 4.88 Å². The predicted molar refractivity (Wildman–Crippen MR) is 97.1 cm³/mol. The normalized spacial score (nSPS) is 11.6. The van der Waals surface area contributed by atoms with E-state index in [-0.39, 0.29) is 5.60 Å². The molecule has 0 aliphatic carbocycles. The molecule has 2 heterocycles. The van der Waals surface area contributed by atoms with Gasteiger partial charge in [-0.3, -0.25) is 0 Å². The van der Waals surface area contributed by atoms with Crippen LogP contribution in [0.1, 0.15) is 25.6 Å². The molecule has 1 aromatic carbocycles. The molecule has 3 nitrogen and oxygen atoms in total. The second kappa shape index (κ2) is 6.13. The van der Waals surface area contributed by atoms with E-state index >= 15 is 0 Å². The number of hydrogen-bond donors (Lipinski definition) is 0. The van der Waals surface area contributed by atoms with Crippen LogP contribution in [0.25, 0.3) is 21.6 Å². The van der Waals surface area contributed by atoms with E-state index < -0.39 is 0 Å². The van der Waals surface area contributed by atoms with Gasteiger partial charge >= 0.3 is 0 Å². The summed E-state index contributed by atoms with van der Waals surface area (Å²) in [6.07, 6.45) is 2.77. The number of thiophene rings is 1. The summed E-state index contributed by atoms with van der Waals surface area (Å²) in [6, 6.07) is 12.1. The fraction of sp³-hybridized carbons (Fsp3) is 0.263. The molecule has 0 N–H and O–H groups in total. The van der Waals surface area contributed by atoms with E-state index in [2.05, 4.69) is 18.7 Å². The van der Waals surface area contributed by atoms with Gasteiger partial charge in [-0.1, -0.05) is 18.2 Å². The van der Waals surface area contributed by atoms with Crippen molar-refractivity contribution in [3.63, 3.8) is 0 Å². The molecule has 2 aromatic heterocycles. The topological polar surface area (TPSA) is 35.0 Å². The van der Waals surface area contributed by atoms with Gasteiger partial charge in [-0.05, 0) is 51.5 Å². The minimum Gasteiger partial charge on any atom is -0.470 e. The van der Waals surface area contributed by atoms with Gasteiger partial charge in [-0.2, -0.15) is 0 Å². The number of para-hydroxylation sites is 2. The average Bonchev–Trinajstić information content (AvgIpc) is 2.94. The number of rotatable bonds is 4. The number of allylic oxidation sites excluding steroid dienone is 1. The third-order valence-electron chi connectivity index (χ3n) is 3.18. The lowest BCUT2D eigenvalue weighted by atomic mass is 10.2. The molecule has 4 heteroatoms. The Kier molecular flexibility index (Phi) is 4.18. The van der Waals surface area contributed by atoms with Crippen molar-refractivity contribution in [1.82, 2.24) is 9.97 Å². The van der Waals surface area contributed by atoms with Crippen molar-refractivity contribution in [2.45, 2.75) is 32.8 Å². The summed E-state index contributed by atoms with van der Waals surface area (Å²) in [4.78, 5) is 11.8. The maximum Gasteiger partial charge on any atom is 0.242 e. The first kappa shape index (κ1) is 15.7. The monoisotopic (exact) mass is 324 g/mol. The molecule has 0 amide bonds. The molecule has 0 saturated heterocycles. The zero-order valence-corrected chi connectivity index (χ0v) is 14.5. The molecule has 0 bridgehead atoms. The first-order valence-electron chi connectivity index (χ1n) is 7.62. The molecule has 0 aliphatic rings. The first-order valence-corrected chi connectivity index (χ1v) is 8.44. The summed E-state index contributed by atoms with van der Waals surface area (Å²) < 4.78 is 6.08. The highest BCUT2D eigenvalue weighted by molar-refractivity contribution is 7.15. The Morgan fingerprint density at radius 3 is 2.43 bits per heavy atom. The SMILES string of the molecule is C=CCc1ccc(-c2nc3ccccc3nc2OC(C)(C)C)s1. The molecule has 118 valence electrons. The van der Waals surface area contributed by atoms with Crippen LogP contribution in [0.3, 0.4) is 0 Å². The fourth-order valence-electron chi connectivity index (χ4n) is 2.26. The van der Waals surface area contributed by atoms with Crippen LogP contribution in [0.15, 0.2) is 49.1 Å². The van der Waals surface area contributed by atoms with Crippen LogP contribution < -0.4 is 4.74 Å². The zero-order chi connectivity index (χ0) is 16.4. The maximum absolute atomic E-state index is 6.08. The van der Waals surface area contributed by atoms with Crippen LogP contribution in [-0.4, -0.2) is 15.6 Å². The van der Waals surface area contributed by atoms with Crippen LogP contribution in [0, 0.1) is 0 Å². The van der Waals surface area contributed by atoms with E-state index in [4.69, 9.17) is 14.7 Å². The van der Waals surface area contributed by atoms with Crippen molar-refractivity contribution in [2.24, 2.45) is 0 Å². The van der Waals surface area contributed by atoms with Crippen molar-refractivity contribution in [3.05, 3.63) is 53.9 Å². The van der Waals surface area contributed by atoms with Gasteiger partial charge in [0.05, 0.1) is 15.9 Å². The Bertz CT molecular complexity index is 846. The Labute approximate surface area is 140 Å². The van der Waals surface area contributed by atoms with Crippen molar-refractivity contribution in [2.75, 3.05) is 0 Å². The molecular weight excluding hydrogens is 304 g/mol. The number of benzene rings is 1. The Morgan fingerprint density at radius 1 is 1.09 bits per heavy atom. The fourth-order valence-corrected chi connectivity index (χ4v) is 3.25. The van der Waals surface area contributed by atoms with E-state index in [1.807, 2.05) is 51.1 Å². The number of hydrogen-bond acceptors (Lipinski definition) is 4. The van der Waals surface area contributed by atoms with Gasteiger partial charge in [-0.15, -0.1) is 17.9 Å². The van der Waals surface area contributed by atoms with Gasteiger partial charge in [-0.25, -0.2) is 9.97 Å². The van der Waals surface area contributed by atoms with Crippen LogP contribution in [0.4, 0.5) is 0 Å². The minimum atomic E-state index is -0.326. The van der Waals surface area contributed by atoms with Gasteiger partial charge < -0.3 is 4.74 Å². The van der Waals surface area contributed by atoms with Crippen LogP contribution in [0.5, 0.6) is 5.88 Å². The van der Waals surface area contributed by atoms with Gasteiger partial charge in [0, 0.05) is 4.88 Å². The van der Waals surface area contributed by atoms with Gasteiger partial charge in [0.2, 0.25) is 5.88 Å². The third kappa shape index (κ3) is 3.59. The van der Waals surface area contributed by atoms with E-state index in [1.54, 1.807) is 11.3 Å². The molecule has 3 rings (SSSR count). The highest BCUT2D eigenvalue weighted by atomic mass is 32.1. The highest BCUT2D eigenvalue weighted by Gasteiger charge is 2.20. The lowest BCUT2D eigenvalue weighted by Gasteiger charge is -2.21. The molecule has 3 aromatic rings. The lowest BCUT2D eigenvalue weighted by Crippen LogP contribution is -2.24. The Morgan fingerprint density at radius 2 is 1.78 bits per heavy atom. The summed E-state index contributed by atoms with van der Waals surface area (Å²) in [7, 11) is 0. The van der Waals surface area contributed by atoms with Gasteiger partial charge in [0.1, 0.15) is 11.3 Å². The van der Waals surface area contributed by atoms with Crippen molar-refractivity contribution in [3.8, 4) is 16.5 Å². The average molecular weight is 324 g/mol. The molecular formula is C19H20N2OS. The van der Waals surface area contributed by atoms with E-state index in [0.717, 1.165) is 28.0 Å². The molecule has 23 heavy (non-hydrogen) atoms. The second-order valence-electron chi connectivity index (χ2n) is 6.34. The zero-order valence-electron chi connectivity index (χ0n) is 13.7. The van der Waals surface area contributed by atoms with E-state index in [0.29, 0.717) is 5.88 Å². The van der Waals surface area contributed by atoms with Crippen LogP contribution in [0.2, 0.25) is 0 Å². The van der Waals surface area contributed by atoms with Crippen LogP contribution in [-0.2, 0) is 6.42 Å². The molecule has 0 atom stereocenters. The van der Waals surface area contributed by atoms with Crippen molar-refractivity contribution < 1.29 is 4.74 Å². The Hall–Kier alpha value is -2.20. The number of fused-ring (bicyclic) bond motifs is 1. The van der Waals surface area contributed by atoms with E-state index in [9.17, 15) is 0 Å². The number of ether oxygens (including phenoxy) is 1. The summed E-state index contributed by atoms with van der Waals surface area (Å²) in [5.74, 6) is 0.586. The first-order chi connectivity index (χ1) is 11.0. The van der Waals surface area contributed by atoms with Crippen molar-refractivity contribution in [1.29, 1.82) is 0 Å². The molecule has 0 spiro atoms. The van der Waals surface area contributed by atoms with Gasteiger partial charge in [0.25, 0.3) is 0 Å². The van der Waals surface area contributed by atoms with Gasteiger partial charge in [0.15, 0.2) is 0 Å². The number of aromatic nitrogens is 2. The largest absolute Gasteiger partial charge is 0.470 e. The quantitative estimate of drug-likeness (QED) is 0.614. The minimum absolute atomic E-state index is 0.326. The molecule has 0 unspecified atom stereocenters. The molecule has 0 aliphatic heterocycles. The molecule has 0 radical (unpaired) electrons. The van der Waals surface area contributed by atoms with Crippen LogP contribution >= 0.6 is 11.3 Å². The highest BCUT2D eigenvalue weighted by Crippen LogP contribution is 2.35. The molecule has 0 saturated carbocycles. The summed E-state index contributed by atoms with van der Waals surface area (Å²) >= 11 is 1.71. The lowest BCUT2D eigenvalue weighted by molar-refractivity contribution is 0.125. The number of nitrogens with zero attached hydrogens (tertiary/aromatic N) is 2.